The highest BCUT2D eigenvalue weighted by molar-refractivity contribution is 5.99. The summed E-state index contributed by atoms with van der Waals surface area (Å²) >= 11 is 0. The summed E-state index contributed by atoms with van der Waals surface area (Å²) in [4.78, 5) is 33.0. The largest absolute Gasteiger partial charge is 0.480 e. The minimum atomic E-state index is -1.50. The third kappa shape index (κ3) is 3.73. The molecule has 7 nitrogen and oxygen atoms in total. The standard InChI is InChI=1S/C12H8F2N2O5/c1-2-3-15(6-11(17)18)12(19)7-4-8(13)9(14)5-10(7)16(20)21/h1,4-5H,3,6H2,(H,17,18). The number of nitro benzene ring substituents is 1. The van der Waals surface area contributed by atoms with Crippen molar-refractivity contribution in [1.29, 1.82) is 0 Å². The molecule has 0 aliphatic rings. The molecule has 0 aromatic heterocycles. The number of carbonyl (C=O) groups is 2. The summed E-state index contributed by atoms with van der Waals surface area (Å²) in [6, 6.07) is 0.582. The van der Waals surface area contributed by atoms with Gasteiger partial charge in [-0.3, -0.25) is 19.7 Å². The highest BCUT2D eigenvalue weighted by Gasteiger charge is 2.28. The number of amides is 1. The second kappa shape index (κ2) is 6.42. The fourth-order valence-corrected chi connectivity index (χ4v) is 1.50. The number of hydrogen-bond acceptors (Lipinski definition) is 4. The van der Waals surface area contributed by atoms with Gasteiger partial charge in [-0.05, 0) is 6.07 Å². The molecule has 0 aliphatic carbocycles. The van der Waals surface area contributed by atoms with Crippen LogP contribution in [0.5, 0.6) is 0 Å². The maximum Gasteiger partial charge on any atom is 0.323 e. The van der Waals surface area contributed by atoms with E-state index in [9.17, 15) is 28.5 Å². The Morgan fingerprint density at radius 1 is 1.38 bits per heavy atom. The molecular weight excluding hydrogens is 290 g/mol. The molecule has 0 saturated carbocycles. The number of benzene rings is 1. The van der Waals surface area contributed by atoms with Gasteiger partial charge in [-0.1, -0.05) is 5.92 Å². The van der Waals surface area contributed by atoms with E-state index in [0.717, 1.165) is 0 Å². The maximum absolute atomic E-state index is 13.2. The lowest BCUT2D eigenvalue weighted by Gasteiger charge is -2.17. The summed E-state index contributed by atoms with van der Waals surface area (Å²) in [5.74, 6) is -3.56. The summed E-state index contributed by atoms with van der Waals surface area (Å²) < 4.78 is 26.2. The van der Waals surface area contributed by atoms with Crippen LogP contribution in [0.2, 0.25) is 0 Å². The summed E-state index contributed by atoms with van der Waals surface area (Å²) in [5, 5.41) is 19.4. The lowest BCUT2D eigenvalue weighted by Crippen LogP contribution is -2.36. The lowest BCUT2D eigenvalue weighted by atomic mass is 10.1. The number of halogens is 2. The molecule has 0 spiro atoms. The molecule has 0 saturated heterocycles. The van der Waals surface area contributed by atoms with E-state index in [4.69, 9.17) is 11.5 Å². The van der Waals surface area contributed by atoms with Crippen LogP contribution in [0.15, 0.2) is 12.1 Å². The first-order valence-corrected chi connectivity index (χ1v) is 5.36. The van der Waals surface area contributed by atoms with Crippen molar-refractivity contribution in [2.45, 2.75) is 0 Å². The average Bonchev–Trinajstić information content (AvgIpc) is 2.39. The fourth-order valence-electron chi connectivity index (χ4n) is 1.50. The van der Waals surface area contributed by atoms with Gasteiger partial charge in [0.2, 0.25) is 0 Å². The molecule has 1 aromatic carbocycles. The maximum atomic E-state index is 13.2. The molecule has 0 radical (unpaired) electrons. The third-order valence-corrected chi connectivity index (χ3v) is 2.36. The van der Waals surface area contributed by atoms with Gasteiger partial charge < -0.3 is 10.0 Å². The van der Waals surface area contributed by atoms with E-state index in [1.54, 1.807) is 0 Å². The number of nitro groups is 1. The van der Waals surface area contributed by atoms with Gasteiger partial charge in [-0.2, -0.15) is 0 Å². The number of nitrogens with zero attached hydrogens (tertiary/aromatic N) is 2. The van der Waals surface area contributed by atoms with Crippen LogP contribution in [0, 0.1) is 34.1 Å². The van der Waals surface area contributed by atoms with E-state index in [0.29, 0.717) is 11.0 Å². The molecule has 0 fully saturated rings. The van der Waals surface area contributed by atoms with Crippen LogP contribution in [0.25, 0.3) is 0 Å². The smallest absolute Gasteiger partial charge is 0.323 e. The zero-order chi connectivity index (χ0) is 16.2. The molecule has 0 unspecified atom stereocenters. The lowest BCUT2D eigenvalue weighted by molar-refractivity contribution is -0.385. The van der Waals surface area contributed by atoms with Crippen LogP contribution >= 0.6 is 0 Å². The minimum Gasteiger partial charge on any atom is -0.480 e. The molecule has 0 heterocycles. The number of hydrogen-bond donors (Lipinski definition) is 1. The Labute approximate surface area is 116 Å². The fraction of sp³-hybridized carbons (Fsp3) is 0.167. The number of carboxylic acids is 1. The van der Waals surface area contributed by atoms with E-state index in [1.807, 2.05) is 5.92 Å². The Morgan fingerprint density at radius 3 is 2.43 bits per heavy atom. The van der Waals surface area contributed by atoms with Crippen LogP contribution in [0.4, 0.5) is 14.5 Å². The summed E-state index contributed by atoms with van der Waals surface area (Å²) in [7, 11) is 0. The van der Waals surface area contributed by atoms with Crippen molar-refractivity contribution >= 4 is 17.6 Å². The zero-order valence-corrected chi connectivity index (χ0v) is 10.4. The van der Waals surface area contributed by atoms with Gasteiger partial charge in [0, 0.05) is 0 Å². The minimum absolute atomic E-state index is 0.247. The van der Waals surface area contributed by atoms with E-state index in [2.05, 4.69) is 0 Å². The Hall–Kier alpha value is -3.02. The Balaban J connectivity index is 3.33. The van der Waals surface area contributed by atoms with Crippen LogP contribution in [0.3, 0.4) is 0 Å². The summed E-state index contributed by atoms with van der Waals surface area (Å²) in [6.45, 7) is -1.29. The van der Waals surface area contributed by atoms with Gasteiger partial charge in [0.25, 0.3) is 11.6 Å². The van der Waals surface area contributed by atoms with Gasteiger partial charge in [0.15, 0.2) is 11.6 Å². The van der Waals surface area contributed by atoms with E-state index in [-0.39, 0.29) is 6.07 Å². The predicted molar refractivity (Wildman–Crippen MR) is 65.4 cm³/mol. The molecule has 110 valence electrons. The zero-order valence-electron chi connectivity index (χ0n) is 10.4. The highest BCUT2D eigenvalue weighted by atomic mass is 19.2. The van der Waals surface area contributed by atoms with Crippen LogP contribution in [-0.4, -0.2) is 39.9 Å². The number of aliphatic carboxylic acids is 1. The normalized spacial score (nSPS) is 9.76. The molecular formula is C12H8F2N2O5. The molecule has 9 heteroatoms. The van der Waals surface area contributed by atoms with E-state index < -0.39 is 52.8 Å². The van der Waals surface area contributed by atoms with Crippen molar-refractivity contribution in [2.24, 2.45) is 0 Å². The predicted octanol–water partition coefficient (Wildman–Crippen LogP) is 1.03. The van der Waals surface area contributed by atoms with Gasteiger partial charge >= 0.3 is 5.97 Å². The monoisotopic (exact) mass is 298 g/mol. The first-order valence-electron chi connectivity index (χ1n) is 5.36. The first-order chi connectivity index (χ1) is 9.77. The summed E-state index contributed by atoms with van der Waals surface area (Å²) in [6.07, 6.45) is 4.97. The van der Waals surface area contributed by atoms with Crippen molar-refractivity contribution in [3.8, 4) is 12.3 Å². The molecule has 21 heavy (non-hydrogen) atoms. The van der Waals surface area contributed by atoms with Crippen molar-refractivity contribution in [2.75, 3.05) is 13.1 Å². The second-order valence-corrected chi connectivity index (χ2v) is 3.80. The molecule has 0 aliphatic heterocycles. The van der Waals surface area contributed by atoms with Gasteiger partial charge in [0.1, 0.15) is 12.1 Å². The molecule has 1 amide bonds. The number of rotatable bonds is 5. The Kier molecular flexibility index (Phi) is 4.91. The average molecular weight is 298 g/mol. The highest BCUT2D eigenvalue weighted by Crippen LogP contribution is 2.23. The van der Waals surface area contributed by atoms with E-state index >= 15 is 0 Å². The summed E-state index contributed by atoms with van der Waals surface area (Å²) in [5.41, 5.74) is -1.76. The molecule has 1 N–H and O–H groups in total. The number of carboxylic acid groups (broad SMARTS) is 1. The van der Waals surface area contributed by atoms with Crippen molar-refractivity contribution < 1.29 is 28.4 Å². The van der Waals surface area contributed by atoms with E-state index in [1.165, 1.54) is 0 Å². The van der Waals surface area contributed by atoms with Crippen LogP contribution < -0.4 is 0 Å². The Morgan fingerprint density at radius 2 is 1.95 bits per heavy atom. The molecule has 1 aromatic rings. The second-order valence-electron chi connectivity index (χ2n) is 3.80. The topological polar surface area (TPSA) is 101 Å². The number of carbonyl (C=O) groups excluding carboxylic acids is 1. The quantitative estimate of drug-likeness (QED) is 0.497. The molecule has 0 bridgehead atoms. The third-order valence-electron chi connectivity index (χ3n) is 2.36. The number of terminal acetylenes is 1. The van der Waals surface area contributed by atoms with Gasteiger partial charge in [-0.15, -0.1) is 6.42 Å². The van der Waals surface area contributed by atoms with Crippen LogP contribution in [0.1, 0.15) is 10.4 Å². The van der Waals surface area contributed by atoms with Crippen molar-refractivity contribution in [3.05, 3.63) is 39.4 Å². The molecule has 0 atom stereocenters. The van der Waals surface area contributed by atoms with Gasteiger partial charge in [-0.25, -0.2) is 8.78 Å². The van der Waals surface area contributed by atoms with Gasteiger partial charge in [0.05, 0.1) is 17.5 Å². The van der Waals surface area contributed by atoms with Crippen LogP contribution in [-0.2, 0) is 4.79 Å². The first kappa shape index (κ1) is 16.0. The Bertz CT molecular complexity index is 654. The van der Waals surface area contributed by atoms with Crippen molar-refractivity contribution in [1.82, 2.24) is 4.90 Å². The van der Waals surface area contributed by atoms with Crippen molar-refractivity contribution in [3.63, 3.8) is 0 Å². The molecule has 1 rings (SSSR count). The SMILES string of the molecule is C#CCN(CC(=O)O)C(=O)c1cc(F)c(F)cc1[N+](=O)[O-].